The monoisotopic (exact) mass is 433 g/mol. The molecule has 0 amide bonds. The van der Waals surface area contributed by atoms with Gasteiger partial charge in [-0.1, -0.05) is 12.8 Å². The number of benzene rings is 1. The number of nitrogens with one attached hydrogen (secondary N) is 2. The summed E-state index contributed by atoms with van der Waals surface area (Å²) in [6.45, 7) is 0.458. The van der Waals surface area contributed by atoms with Crippen LogP contribution in [-0.4, -0.2) is 23.2 Å². The molecule has 2 heterocycles. The van der Waals surface area contributed by atoms with E-state index in [0.717, 1.165) is 30.7 Å². The van der Waals surface area contributed by atoms with E-state index in [0.29, 0.717) is 24.5 Å². The first-order valence-electron chi connectivity index (χ1n) is 9.62. The first kappa shape index (κ1) is 20.3. The third-order valence-electron chi connectivity index (χ3n) is 4.97. The minimum Gasteiger partial charge on any atom is -0.364 e. The highest BCUT2D eigenvalue weighted by atomic mass is 32.2. The van der Waals surface area contributed by atoms with Gasteiger partial charge in [0.1, 0.15) is 22.3 Å². The van der Waals surface area contributed by atoms with Crippen molar-refractivity contribution in [1.29, 1.82) is 0 Å². The second-order valence-corrected chi connectivity index (χ2v) is 8.90. The molecule has 4 rings (SSSR count). The SMILES string of the molecule is O=S(=O)(Nc1cc(F)cc(F)c1)c1ccc(NCc2ccn(C3CCCC3)n2)nc1. The van der Waals surface area contributed by atoms with Crippen molar-refractivity contribution in [3.63, 3.8) is 0 Å². The van der Waals surface area contributed by atoms with Crippen molar-refractivity contribution in [3.8, 4) is 0 Å². The maximum atomic E-state index is 13.3. The Hall–Kier alpha value is -3.01. The second kappa shape index (κ2) is 8.39. The van der Waals surface area contributed by atoms with Crippen LogP contribution in [0.1, 0.15) is 37.4 Å². The van der Waals surface area contributed by atoms with Gasteiger partial charge in [0.05, 0.1) is 24.0 Å². The molecule has 0 bridgehead atoms. The van der Waals surface area contributed by atoms with Crippen molar-refractivity contribution in [1.82, 2.24) is 14.8 Å². The van der Waals surface area contributed by atoms with Gasteiger partial charge in [-0.25, -0.2) is 22.2 Å². The van der Waals surface area contributed by atoms with Crippen LogP contribution in [-0.2, 0) is 16.6 Å². The normalized spacial score (nSPS) is 14.7. The Morgan fingerprint density at radius 1 is 1.07 bits per heavy atom. The van der Waals surface area contributed by atoms with Gasteiger partial charge in [0, 0.05) is 18.5 Å². The zero-order chi connectivity index (χ0) is 21.1. The van der Waals surface area contributed by atoms with Crippen LogP contribution in [0.25, 0.3) is 0 Å². The smallest absolute Gasteiger partial charge is 0.263 e. The van der Waals surface area contributed by atoms with Gasteiger partial charge in [0.25, 0.3) is 10.0 Å². The molecule has 0 spiro atoms. The average molecular weight is 433 g/mol. The molecule has 2 aromatic heterocycles. The lowest BCUT2D eigenvalue weighted by atomic mass is 10.3. The highest BCUT2D eigenvalue weighted by Crippen LogP contribution is 2.28. The summed E-state index contributed by atoms with van der Waals surface area (Å²) in [5.41, 5.74) is 0.669. The lowest BCUT2D eigenvalue weighted by Crippen LogP contribution is -2.14. The van der Waals surface area contributed by atoms with Crippen molar-refractivity contribution < 1.29 is 17.2 Å². The molecule has 0 unspecified atom stereocenters. The summed E-state index contributed by atoms with van der Waals surface area (Å²) in [7, 11) is -4.03. The number of pyridine rings is 1. The Labute approximate surface area is 173 Å². The van der Waals surface area contributed by atoms with E-state index in [1.807, 2.05) is 16.9 Å². The standard InChI is InChI=1S/C20H21F2N5O2S/c21-14-9-15(22)11-17(10-14)26-30(28,29)19-5-6-20(24-13-19)23-12-16-7-8-27(25-16)18-3-1-2-4-18/h5-11,13,18,26H,1-4,12H2,(H,23,24). The molecular weight excluding hydrogens is 412 g/mol. The maximum Gasteiger partial charge on any atom is 0.263 e. The Bertz CT molecular complexity index is 1110. The molecule has 1 aliphatic carbocycles. The minimum absolute atomic E-state index is 0.122. The molecule has 0 atom stereocenters. The van der Waals surface area contributed by atoms with Gasteiger partial charge >= 0.3 is 0 Å². The van der Waals surface area contributed by atoms with Crippen molar-refractivity contribution >= 4 is 21.5 Å². The zero-order valence-electron chi connectivity index (χ0n) is 16.1. The second-order valence-electron chi connectivity index (χ2n) is 7.22. The van der Waals surface area contributed by atoms with Crippen LogP contribution in [0.15, 0.2) is 53.7 Å². The van der Waals surface area contributed by atoms with Crippen molar-refractivity contribution in [2.45, 2.75) is 43.2 Å². The summed E-state index contributed by atoms with van der Waals surface area (Å²) in [5.74, 6) is -1.26. The molecule has 1 aliphatic rings. The molecule has 2 N–H and O–H groups in total. The van der Waals surface area contributed by atoms with Gasteiger partial charge in [-0.3, -0.25) is 9.40 Å². The van der Waals surface area contributed by atoms with Crippen LogP contribution in [0.2, 0.25) is 0 Å². The van der Waals surface area contributed by atoms with E-state index in [9.17, 15) is 17.2 Å². The molecule has 10 heteroatoms. The number of sulfonamides is 1. The van der Waals surface area contributed by atoms with Gasteiger partial charge < -0.3 is 5.32 Å². The van der Waals surface area contributed by atoms with Gasteiger partial charge in [-0.05, 0) is 43.2 Å². The maximum absolute atomic E-state index is 13.3. The Balaban J connectivity index is 1.38. The highest BCUT2D eigenvalue weighted by Gasteiger charge is 2.18. The molecule has 0 saturated heterocycles. The molecule has 30 heavy (non-hydrogen) atoms. The molecular formula is C20H21F2N5O2S. The van der Waals surface area contributed by atoms with Crippen molar-refractivity contribution in [3.05, 3.63) is 66.1 Å². The fraction of sp³-hybridized carbons (Fsp3) is 0.300. The van der Waals surface area contributed by atoms with Crippen LogP contribution in [0.3, 0.4) is 0 Å². The van der Waals surface area contributed by atoms with Gasteiger partial charge in [0.2, 0.25) is 0 Å². The predicted molar refractivity (Wildman–Crippen MR) is 108 cm³/mol. The van der Waals surface area contributed by atoms with Gasteiger partial charge in [-0.2, -0.15) is 5.10 Å². The van der Waals surface area contributed by atoms with E-state index in [1.165, 1.54) is 31.2 Å². The quantitative estimate of drug-likeness (QED) is 0.586. The van der Waals surface area contributed by atoms with Crippen LogP contribution in [0.4, 0.5) is 20.3 Å². The topological polar surface area (TPSA) is 88.9 Å². The van der Waals surface area contributed by atoms with E-state index in [4.69, 9.17) is 0 Å². The number of hydrogen-bond donors (Lipinski definition) is 2. The van der Waals surface area contributed by atoms with Gasteiger partial charge in [-0.15, -0.1) is 0 Å². The van der Waals surface area contributed by atoms with Crippen molar-refractivity contribution in [2.24, 2.45) is 0 Å². The van der Waals surface area contributed by atoms with Crippen LogP contribution >= 0.6 is 0 Å². The Morgan fingerprint density at radius 3 is 2.47 bits per heavy atom. The van der Waals surface area contributed by atoms with E-state index >= 15 is 0 Å². The highest BCUT2D eigenvalue weighted by molar-refractivity contribution is 7.92. The summed E-state index contributed by atoms with van der Waals surface area (Å²) < 4.78 is 55.5. The molecule has 0 aliphatic heterocycles. The predicted octanol–water partition coefficient (Wildman–Crippen LogP) is 4.08. The summed E-state index contributed by atoms with van der Waals surface area (Å²) in [6, 6.07) is 7.77. The van der Waals surface area contributed by atoms with E-state index in [2.05, 4.69) is 20.1 Å². The van der Waals surface area contributed by atoms with E-state index in [-0.39, 0.29) is 10.6 Å². The molecule has 0 radical (unpaired) electrons. The fourth-order valence-corrected chi connectivity index (χ4v) is 4.48. The first-order chi connectivity index (χ1) is 14.4. The van der Waals surface area contributed by atoms with Crippen LogP contribution in [0.5, 0.6) is 0 Å². The molecule has 1 aromatic carbocycles. The summed E-state index contributed by atoms with van der Waals surface area (Å²) in [6.07, 6.45) is 7.94. The Morgan fingerprint density at radius 2 is 1.80 bits per heavy atom. The number of aromatic nitrogens is 3. The van der Waals surface area contributed by atoms with Gasteiger partial charge in [0.15, 0.2) is 0 Å². The minimum atomic E-state index is -4.03. The van der Waals surface area contributed by atoms with E-state index in [1.54, 1.807) is 0 Å². The average Bonchev–Trinajstić information content (AvgIpc) is 3.37. The zero-order valence-corrected chi connectivity index (χ0v) is 16.9. The lowest BCUT2D eigenvalue weighted by Gasteiger charge is -2.10. The van der Waals surface area contributed by atoms with Crippen LogP contribution in [0, 0.1) is 11.6 Å². The third kappa shape index (κ3) is 4.76. The largest absolute Gasteiger partial charge is 0.364 e. The number of nitrogens with zero attached hydrogens (tertiary/aromatic N) is 3. The molecule has 1 saturated carbocycles. The lowest BCUT2D eigenvalue weighted by molar-refractivity contribution is 0.463. The van der Waals surface area contributed by atoms with Crippen LogP contribution < -0.4 is 10.0 Å². The first-order valence-corrected chi connectivity index (χ1v) is 11.1. The fourth-order valence-electron chi connectivity index (χ4n) is 3.50. The summed E-state index contributed by atoms with van der Waals surface area (Å²) >= 11 is 0. The molecule has 7 nitrogen and oxygen atoms in total. The number of halogens is 2. The molecule has 1 fully saturated rings. The number of hydrogen-bond acceptors (Lipinski definition) is 5. The molecule has 158 valence electrons. The van der Waals surface area contributed by atoms with Crippen molar-refractivity contribution in [2.75, 3.05) is 10.0 Å². The Kier molecular flexibility index (Phi) is 5.67. The van der Waals surface area contributed by atoms with E-state index < -0.39 is 21.7 Å². The number of rotatable bonds is 7. The number of anilines is 2. The third-order valence-corrected chi connectivity index (χ3v) is 6.34. The molecule has 3 aromatic rings. The summed E-state index contributed by atoms with van der Waals surface area (Å²) in [4.78, 5) is 3.99. The summed E-state index contributed by atoms with van der Waals surface area (Å²) in [5, 5.41) is 7.69.